The number of carbonyl (C=O) groups is 1. The summed E-state index contributed by atoms with van der Waals surface area (Å²) < 4.78 is 7.61. The van der Waals surface area contributed by atoms with Gasteiger partial charge in [-0.3, -0.25) is 19.8 Å². The van der Waals surface area contributed by atoms with E-state index in [9.17, 15) is 14.9 Å². The molecular weight excluding hydrogens is 500 g/mol. The number of nitro benzene ring substituents is 1. The van der Waals surface area contributed by atoms with Crippen LogP contribution < -0.4 is 0 Å². The first kappa shape index (κ1) is 25.4. The summed E-state index contributed by atoms with van der Waals surface area (Å²) in [7, 11) is 0. The normalized spacial score (nSPS) is 15.7. The summed E-state index contributed by atoms with van der Waals surface area (Å²) in [5.74, 6) is -0.100. The molecule has 9 heteroatoms. The predicted octanol–water partition coefficient (Wildman–Crippen LogP) is 6.24. The number of para-hydroxylation sites is 2. The number of hydrogen-bond donors (Lipinski definition) is 0. The Labute approximate surface area is 224 Å². The smallest absolute Gasteiger partial charge is 0.269 e. The van der Waals surface area contributed by atoms with E-state index in [4.69, 9.17) is 9.73 Å². The Hall–Kier alpha value is -4.21. The highest BCUT2D eigenvalue weighted by molar-refractivity contribution is 8.18. The van der Waals surface area contributed by atoms with Crippen molar-refractivity contribution in [2.24, 2.45) is 4.99 Å². The second-order valence-corrected chi connectivity index (χ2v) is 9.66. The quantitative estimate of drug-likeness (QED) is 0.111. The molecule has 8 nitrogen and oxygen atoms in total. The molecule has 1 fully saturated rings. The number of ether oxygens (including phenoxy) is 1. The van der Waals surface area contributed by atoms with Crippen LogP contribution in [0.3, 0.4) is 0 Å². The van der Waals surface area contributed by atoms with Crippen molar-refractivity contribution in [3.05, 3.63) is 111 Å². The number of amides is 1. The molecule has 0 bridgehead atoms. The van der Waals surface area contributed by atoms with Gasteiger partial charge in [-0.2, -0.15) is 0 Å². The molecular formula is C29H26N4O4S. The largest absolute Gasteiger partial charge is 0.380 e. The van der Waals surface area contributed by atoms with E-state index in [-0.39, 0.29) is 11.6 Å². The van der Waals surface area contributed by atoms with Crippen LogP contribution in [0.2, 0.25) is 0 Å². The van der Waals surface area contributed by atoms with Crippen molar-refractivity contribution >= 4 is 51.2 Å². The van der Waals surface area contributed by atoms with Gasteiger partial charge in [-0.05, 0) is 48.5 Å². The first-order valence-corrected chi connectivity index (χ1v) is 13.1. The zero-order valence-corrected chi connectivity index (χ0v) is 21.6. The second kappa shape index (κ2) is 11.5. The molecule has 0 unspecified atom stereocenters. The lowest BCUT2D eigenvalue weighted by Crippen LogP contribution is -2.32. The SMILES string of the molecule is CCOCCN1C(=O)/C(=C/c2cn(Cc3ccc([N+](=O)[O-])cc3)c3ccccc23)SC1=Nc1ccccc1. The number of nitro groups is 1. The molecule has 0 spiro atoms. The summed E-state index contributed by atoms with van der Waals surface area (Å²) >= 11 is 1.36. The molecule has 0 saturated carbocycles. The number of aliphatic imine (C=N–C) groups is 1. The number of benzene rings is 3. The Morgan fingerprint density at radius 2 is 1.76 bits per heavy atom. The zero-order valence-electron chi connectivity index (χ0n) is 20.8. The van der Waals surface area contributed by atoms with Gasteiger partial charge in [0.1, 0.15) is 0 Å². The Balaban J connectivity index is 1.48. The lowest BCUT2D eigenvalue weighted by molar-refractivity contribution is -0.384. The third-order valence-corrected chi connectivity index (χ3v) is 7.15. The van der Waals surface area contributed by atoms with E-state index in [0.29, 0.717) is 36.4 Å². The lowest BCUT2D eigenvalue weighted by atomic mass is 10.1. The summed E-state index contributed by atoms with van der Waals surface area (Å²) in [6.45, 7) is 3.90. The first-order valence-electron chi connectivity index (χ1n) is 12.3. The van der Waals surface area contributed by atoms with Crippen molar-refractivity contribution < 1.29 is 14.5 Å². The molecule has 3 aromatic carbocycles. The van der Waals surface area contributed by atoms with Crippen molar-refractivity contribution in [2.45, 2.75) is 13.5 Å². The average Bonchev–Trinajstić information content (AvgIpc) is 3.42. The number of thioether (sulfide) groups is 1. The van der Waals surface area contributed by atoms with Crippen LogP contribution in [0.5, 0.6) is 0 Å². The van der Waals surface area contributed by atoms with Crippen molar-refractivity contribution in [3.63, 3.8) is 0 Å². The third kappa shape index (κ3) is 5.53. The highest BCUT2D eigenvalue weighted by Gasteiger charge is 2.33. The minimum Gasteiger partial charge on any atom is -0.380 e. The fourth-order valence-corrected chi connectivity index (χ4v) is 5.30. The molecule has 0 aliphatic carbocycles. The summed E-state index contributed by atoms with van der Waals surface area (Å²) in [4.78, 5) is 31.1. The van der Waals surface area contributed by atoms with E-state index < -0.39 is 4.92 Å². The Kier molecular flexibility index (Phi) is 7.67. The number of amidine groups is 1. The van der Waals surface area contributed by atoms with Crippen molar-refractivity contribution in [3.8, 4) is 0 Å². The number of aromatic nitrogens is 1. The molecule has 0 atom stereocenters. The first-order chi connectivity index (χ1) is 18.5. The molecule has 192 valence electrons. The second-order valence-electron chi connectivity index (χ2n) is 8.65. The predicted molar refractivity (Wildman–Crippen MR) is 151 cm³/mol. The van der Waals surface area contributed by atoms with E-state index in [1.165, 1.54) is 23.9 Å². The van der Waals surface area contributed by atoms with Crippen LogP contribution in [-0.2, 0) is 16.1 Å². The van der Waals surface area contributed by atoms with Gasteiger partial charge in [-0.25, -0.2) is 4.99 Å². The van der Waals surface area contributed by atoms with Gasteiger partial charge in [-0.15, -0.1) is 0 Å². The molecule has 4 aromatic rings. The topological polar surface area (TPSA) is 90.0 Å². The maximum Gasteiger partial charge on any atom is 0.269 e. The van der Waals surface area contributed by atoms with Gasteiger partial charge in [-0.1, -0.05) is 48.5 Å². The number of rotatable bonds is 9. The van der Waals surface area contributed by atoms with Crippen LogP contribution in [-0.4, -0.2) is 45.2 Å². The van der Waals surface area contributed by atoms with E-state index in [0.717, 1.165) is 27.7 Å². The minimum atomic E-state index is -0.400. The molecule has 1 amide bonds. The molecule has 1 aliphatic rings. The number of nitrogens with zero attached hydrogens (tertiary/aromatic N) is 4. The molecule has 1 aromatic heterocycles. The van der Waals surface area contributed by atoms with E-state index in [2.05, 4.69) is 4.57 Å². The fourth-order valence-electron chi connectivity index (χ4n) is 4.28. The van der Waals surface area contributed by atoms with Gasteiger partial charge < -0.3 is 9.30 Å². The van der Waals surface area contributed by atoms with Crippen molar-refractivity contribution in [1.82, 2.24) is 9.47 Å². The van der Waals surface area contributed by atoms with Crippen LogP contribution in [0, 0.1) is 10.1 Å². The van der Waals surface area contributed by atoms with Crippen LogP contribution in [0.4, 0.5) is 11.4 Å². The minimum absolute atomic E-state index is 0.0650. The number of hydrogen-bond acceptors (Lipinski definition) is 6. The van der Waals surface area contributed by atoms with E-state index >= 15 is 0 Å². The van der Waals surface area contributed by atoms with Gasteiger partial charge >= 0.3 is 0 Å². The Bertz CT molecular complexity index is 1530. The Morgan fingerprint density at radius 3 is 2.50 bits per heavy atom. The van der Waals surface area contributed by atoms with Crippen LogP contribution in [0.25, 0.3) is 17.0 Å². The zero-order chi connectivity index (χ0) is 26.5. The average molecular weight is 527 g/mol. The van der Waals surface area contributed by atoms with Gasteiger partial charge in [0.15, 0.2) is 5.17 Å². The highest BCUT2D eigenvalue weighted by Crippen LogP contribution is 2.35. The van der Waals surface area contributed by atoms with Gasteiger partial charge in [0.2, 0.25) is 0 Å². The molecule has 38 heavy (non-hydrogen) atoms. The van der Waals surface area contributed by atoms with Crippen LogP contribution in [0.1, 0.15) is 18.1 Å². The standard InChI is InChI=1S/C29H26N4O4S/c1-2-37-17-16-32-28(34)27(38-29(32)30-23-8-4-3-5-9-23)18-22-20-31(26-11-7-6-10-25(22)26)19-21-12-14-24(15-13-21)33(35)36/h3-15,18,20H,2,16-17,19H2,1H3/b27-18-,30-29?. The van der Waals surface area contributed by atoms with Gasteiger partial charge in [0.05, 0.1) is 28.7 Å². The molecule has 1 aliphatic heterocycles. The third-order valence-electron chi connectivity index (χ3n) is 6.14. The summed E-state index contributed by atoms with van der Waals surface area (Å²) in [6, 6.07) is 24.2. The van der Waals surface area contributed by atoms with Crippen LogP contribution >= 0.6 is 11.8 Å². The summed E-state index contributed by atoms with van der Waals surface area (Å²) in [6.07, 6.45) is 3.94. The van der Waals surface area contributed by atoms with Gasteiger partial charge in [0.25, 0.3) is 11.6 Å². The van der Waals surface area contributed by atoms with Crippen molar-refractivity contribution in [1.29, 1.82) is 0 Å². The maximum absolute atomic E-state index is 13.5. The maximum atomic E-state index is 13.5. The molecule has 0 radical (unpaired) electrons. The molecule has 2 heterocycles. The fraction of sp³-hybridized carbons (Fsp3) is 0.172. The summed E-state index contributed by atoms with van der Waals surface area (Å²) in [5.41, 5.74) is 3.73. The van der Waals surface area contributed by atoms with E-state index in [1.54, 1.807) is 17.0 Å². The number of fused-ring (bicyclic) bond motifs is 1. The molecule has 0 N–H and O–H groups in total. The van der Waals surface area contributed by atoms with E-state index in [1.807, 2.05) is 73.8 Å². The van der Waals surface area contributed by atoms with Crippen LogP contribution in [0.15, 0.2) is 95.0 Å². The number of non-ortho nitro benzene ring substituents is 1. The Morgan fingerprint density at radius 1 is 1.03 bits per heavy atom. The molecule has 5 rings (SSSR count). The number of carbonyl (C=O) groups excluding carboxylic acids is 1. The van der Waals surface area contributed by atoms with Crippen molar-refractivity contribution in [2.75, 3.05) is 19.8 Å². The summed E-state index contributed by atoms with van der Waals surface area (Å²) in [5, 5.41) is 12.7. The lowest BCUT2D eigenvalue weighted by Gasteiger charge is -2.15. The highest BCUT2D eigenvalue weighted by atomic mass is 32.2. The molecule has 1 saturated heterocycles. The monoisotopic (exact) mass is 526 g/mol. The van der Waals surface area contributed by atoms with Gasteiger partial charge in [0, 0.05) is 47.9 Å².